The Hall–Kier alpha value is -1.81. The summed E-state index contributed by atoms with van der Waals surface area (Å²) in [4.78, 5) is 0. The molecule has 0 spiro atoms. The molecule has 0 aliphatic carbocycles. The van der Waals surface area contributed by atoms with Crippen LogP contribution in [0.5, 0.6) is 5.75 Å². The fourth-order valence-electron chi connectivity index (χ4n) is 2.59. The Morgan fingerprint density at radius 3 is 3.16 bits per heavy atom. The van der Waals surface area contributed by atoms with E-state index in [1.165, 1.54) is 5.56 Å². The van der Waals surface area contributed by atoms with E-state index in [1.54, 1.807) is 6.20 Å². The summed E-state index contributed by atoms with van der Waals surface area (Å²) in [6.07, 6.45) is 2.97. The number of aryl methyl sites for hydroxylation is 1. The molecule has 3 rings (SSSR count). The van der Waals surface area contributed by atoms with Crippen molar-refractivity contribution >= 4 is 0 Å². The predicted octanol–water partition coefficient (Wildman–Crippen LogP) is 2.31. The van der Waals surface area contributed by atoms with Crippen molar-refractivity contribution in [2.24, 2.45) is 0 Å². The summed E-state index contributed by atoms with van der Waals surface area (Å²) >= 11 is 0. The minimum absolute atomic E-state index is 0.679. The molecule has 1 aliphatic heterocycles. The second-order valence-electron chi connectivity index (χ2n) is 4.82. The molecule has 0 bridgehead atoms. The summed E-state index contributed by atoms with van der Waals surface area (Å²) in [5, 5.41) is 14.9. The monoisotopic (exact) mass is 258 g/mol. The Morgan fingerprint density at radius 2 is 2.32 bits per heavy atom. The van der Waals surface area contributed by atoms with Crippen LogP contribution in [-0.2, 0) is 13.0 Å². The number of hydrogen-bond acceptors (Lipinski definition) is 3. The molecule has 1 aromatic carbocycles. The van der Waals surface area contributed by atoms with Gasteiger partial charge in [0.05, 0.1) is 12.3 Å². The maximum Gasteiger partial charge on any atom is 0.128 e. The molecule has 0 saturated heterocycles. The highest BCUT2D eigenvalue weighted by Gasteiger charge is 2.23. The topological polar surface area (TPSA) is 47.3 Å². The van der Waals surface area contributed by atoms with Crippen molar-refractivity contribution in [3.63, 3.8) is 0 Å². The van der Waals surface area contributed by atoms with E-state index in [0.29, 0.717) is 6.61 Å². The maximum atomic E-state index is 10.6. The largest absolute Gasteiger partial charge is 0.493 e. The van der Waals surface area contributed by atoms with Crippen molar-refractivity contribution < 1.29 is 9.84 Å². The first-order valence-corrected chi connectivity index (χ1v) is 6.75. The van der Waals surface area contributed by atoms with Gasteiger partial charge in [-0.2, -0.15) is 5.10 Å². The van der Waals surface area contributed by atoms with E-state index < -0.39 is 6.10 Å². The number of aromatic nitrogens is 2. The molecule has 4 nitrogen and oxygen atoms in total. The number of aliphatic hydroxyl groups is 1. The number of hydrogen-bond donors (Lipinski definition) is 1. The smallest absolute Gasteiger partial charge is 0.128 e. The summed E-state index contributed by atoms with van der Waals surface area (Å²) in [5.41, 5.74) is 2.84. The number of ether oxygens (including phenoxy) is 1. The number of para-hydroxylation sites is 1. The van der Waals surface area contributed by atoms with E-state index in [2.05, 4.69) is 18.1 Å². The fourth-order valence-corrected chi connectivity index (χ4v) is 2.59. The zero-order valence-electron chi connectivity index (χ0n) is 11.0. The number of nitrogens with zero attached hydrogens (tertiary/aromatic N) is 2. The van der Waals surface area contributed by atoms with Crippen LogP contribution in [0.3, 0.4) is 0 Å². The lowest BCUT2D eigenvalue weighted by Crippen LogP contribution is -2.10. The number of benzene rings is 1. The Labute approximate surface area is 112 Å². The van der Waals surface area contributed by atoms with Gasteiger partial charge in [0.2, 0.25) is 0 Å². The number of rotatable bonds is 4. The quantitative estimate of drug-likeness (QED) is 0.915. The molecular weight excluding hydrogens is 240 g/mol. The van der Waals surface area contributed by atoms with E-state index in [1.807, 2.05) is 22.9 Å². The number of aliphatic hydroxyl groups excluding tert-OH is 1. The summed E-state index contributed by atoms with van der Waals surface area (Å²) < 4.78 is 7.52. The average molecular weight is 258 g/mol. The molecule has 0 amide bonds. The molecule has 1 aliphatic rings. The summed E-state index contributed by atoms with van der Waals surface area (Å²) in [6.45, 7) is 3.61. The third-order valence-corrected chi connectivity index (χ3v) is 3.50. The Morgan fingerprint density at radius 1 is 1.42 bits per heavy atom. The molecule has 19 heavy (non-hydrogen) atoms. The first kappa shape index (κ1) is 12.2. The summed E-state index contributed by atoms with van der Waals surface area (Å²) in [7, 11) is 0. The predicted molar refractivity (Wildman–Crippen MR) is 72.2 cm³/mol. The van der Waals surface area contributed by atoms with Gasteiger partial charge in [-0.25, -0.2) is 0 Å². The van der Waals surface area contributed by atoms with Crippen molar-refractivity contribution in [3.8, 4) is 5.75 Å². The van der Waals surface area contributed by atoms with Gasteiger partial charge in [0, 0.05) is 24.7 Å². The lowest BCUT2D eigenvalue weighted by atomic mass is 10.0. The Balaban J connectivity index is 1.98. The van der Waals surface area contributed by atoms with E-state index in [9.17, 15) is 5.11 Å². The average Bonchev–Trinajstić information content (AvgIpc) is 3.06. The SMILES string of the molecule is CCCn1nccc1C(O)c1cccc2c1OCC2. The highest BCUT2D eigenvalue weighted by Crippen LogP contribution is 2.35. The lowest BCUT2D eigenvalue weighted by Gasteiger charge is -2.16. The highest BCUT2D eigenvalue weighted by atomic mass is 16.5. The lowest BCUT2D eigenvalue weighted by molar-refractivity contribution is 0.201. The van der Waals surface area contributed by atoms with Gasteiger partial charge in [0.15, 0.2) is 0 Å². The van der Waals surface area contributed by atoms with E-state index in [-0.39, 0.29) is 0 Å². The van der Waals surface area contributed by atoms with Gasteiger partial charge in [-0.15, -0.1) is 0 Å². The third kappa shape index (κ3) is 2.12. The third-order valence-electron chi connectivity index (χ3n) is 3.50. The zero-order chi connectivity index (χ0) is 13.2. The van der Waals surface area contributed by atoms with Crippen LogP contribution in [0.25, 0.3) is 0 Å². The summed E-state index contributed by atoms with van der Waals surface area (Å²) in [6, 6.07) is 7.83. The minimum atomic E-state index is -0.679. The molecule has 1 aromatic heterocycles. The minimum Gasteiger partial charge on any atom is -0.493 e. The van der Waals surface area contributed by atoms with Gasteiger partial charge in [0.25, 0.3) is 0 Å². The van der Waals surface area contributed by atoms with E-state index in [0.717, 1.165) is 36.4 Å². The van der Waals surface area contributed by atoms with Crippen LogP contribution in [0.4, 0.5) is 0 Å². The van der Waals surface area contributed by atoms with Crippen LogP contribution in [0.1, 0.15) is 36.3 Å². The van der Waals surface area contributed by atoms with Gasteiger partial charge in [-0.1, -0.05) is 25.1 Å². The van der Waals surface area contributed by atoms with Crippen LogP contribution >= 0.6 is 0 Å². The molecular formula is C15H18N2O2. The molecule has 4 heteroatoms. The Bertz CT molecular complexity index is 577. The van der Waals surface area contributed by atoms with Crippen molar-refractivity contribution in [3.05, 3.63) is 47.3 Å². The van der Waals surface area contributed by atoms with Crippen molar-refractivity contribution in [2.45, 2.75) is 32.4 Å². The maximum absolute atomic E-state index is 10.6. The molecule has 1 atom stereocenters. The van der Waals surface area contributed by atoms with Gasteiger partial charge >= 0.3 is 0 Å². The molecule has 2 heterocycles. The standard InChI is InChI=1S/C15H18N2O2/c1-2-9-17-13(6-8-16-17)14(18)12-5-3-4-11-7-10-19-15(11)12/h3-6,8,14,18H,2,7,9-10H2,1H3. The van der Waals surface area contributed by atoms with Crippen molar-refractivity contribution in [1.29, 1.82) is 0 Å². The first-order chi connectivity index (χ1) is 9.31. The summed E-state index contributed by atoms with van der Waals surface area (Å²) in [5.74, 6) is 0.847. The van der Waals surface area contributed by atoms with Crippen molar-refractivity contribution in [2.75, 3.05) is 6.61 Å². The van der Waals surface area contributed by atoms with Crippen LogP contribution < -0.4 is 4.74 Å². The molecule has 100 valence electrons. The highest BCUT2D eigenvalue weighted by molar-refractivity contribution is 5.47. The molecule has 0 radical (unpaired) electrons. The van der Waals surface area contributed by atoms with Gasteiger partial charge in [-0.3, -0.25) is 4.68 Å². The second kappa shape index (κ2) is 5.05. The zero-order valence-corrected chi connectivity index (χ0v) is 11.0. The van der Waals surface area contributed by atoms with Crippen LogP contribution in [0.15, 0.2) is 30.5 Å². The van der Waals surface area contributed by atoms with E-state index >= 15 is 0 Å². The van der Waals surface area contributed by atoms with Crippen LogP contribution in [-0.4, -0.2) is 21.5 Å². The molecule has 2 aromatic rings. The second-order valence-corrected chi connectivity index (χ2v) is 4.82. The first-order valence-electron chi connectivity index (χ1n) is 6.75. The van der Waals surface area contributed by atoms with Gasteiger partial charge < -0.3 is 9.84 Å². The van der Waals surface area contributed by atoms with Crippen LogP contribution in [0, 0.1) is 0 Å². The molecule has 1 unspecified atom stereocenters. The van der Waals surface area contributed by atoms with Gasteiger partial charge in [0.1, 0.15) is 11.9 Å². The molecule has 0 fully saturated rings. The number of fused-ring (bicyclic) bond motifs is 1. The van der Waals surface area contributed by atoms with E-state index in [4.69, 9.17) is 4.74 Å². The van der Waals surface area contributed by atoms with Crippen molar-refractivity contribution in [1.82, 2.24) is 9.78 Å². The molecule has 0 saturated carbocycles. The molecule has 1 N–H and O–H groups in total. The van der Waals surface area contributed by atoms with Gasteiger partial charge in [-0.05, 0) is 18.1 Å². The van der Waals surface area contributed by atoms with Crippen LogP contribution in [0.2, 0.25) is 0 Å². The normalized spacial score (nSPS) is 15.1. The Kier molecular flexibility index (Phi) is 3.25. The fraction of sp³-hybridized carbons (Fsp3) is 0.400.